The van der Waals surface area contributed by atoms with Gasteiger partial charge in [0, 0.05) is 45.5 Å². The summed E-state index contributed by atoms with van der Waals surface area (Å²) >= 11 is 0. The summed E-state index contributed by atoms with van der Waals surface area (Å²) in [4.78, 5) is 29.6. The van der Waals surface area contributed by atoms with E-state index in [1.165, 1.54) is 0 Å². The predicted octanol–water partition coefficient (Wildman–Crippen LogP) is 0.996. The van der Waals surface area contributed by atoms with Crippen LogP contribution in [-0.4, -0.2) is 68.1 Å². The van der Waals surface area contributed by atoms with Gasteiger partial charge in [0.15, 0.2) is 0 Å². The number of hydrogen-bond donors (Lipinski definition) is 1. The quantitative estimate of drug-likeness (QED) is 0.903. The van der Waals surface area contributed by atoms with Crippen molar-refractivity contribution in [3.05, 3.63) is 30.3 Å². The fourth-order valence-electron chi connectivity index (χ4n) is 2.50. The first-order valence-electron chi connectivity index (χ1n) is 7.68. The number of nitrogens with zero attached hydrogens (tertiary/aromatic N) is 3. The van der Waals surface area contributed by atoms with Crippen LogP contribution in [0.15, 0.2) is 30.3 Å². The number of para-hydroxylation sites is 1. The molecule has 3 amide bonds. The van der Waals surface area contributed by atoms with Crippen LogP contribution >= 0.6 is 0 Å². The number of amides is 3. The Kier molecular flexibility index (Phi) is 5.63. The minimum absolute atomic E-state index is 0.0454. The molecule has 1 heterocycles. The zero-order valence-electron chi connectivity index (χ0n) is 13.3. The second-order valence-corrected chi connectivity index (χ2v) is 5.39. The maximum Gasteiger partial charge on any atom is 0.317 e. The zero-order valence-corrected chi connectivity index (χ0v) is 13.3. The number of carbonyl (C=O) groups excluding carboxylic acids is 2. The monoisotopic (exact) mass is 304 g/mol. The molecule has 1 aromatic carbocycles. The Labute approximate surface area is 131 Å². The standard InChI is InChI=1S/C16H24N4O2/c1-3-17-16(22)20-11-9-19(10-12-20)15(21)13-18(2)14-7-5-4-6-8-14/h4-8H,3,9-13H2,1-2H3,(H,17,22). The average Bonchev–Trinajstić information content (AvgIpc) is 2.56. The fourth-order valence-corrected chi connectivity index (χ4v) is 2.50. The fraction of sp³-hybridized carbons (Fsp3) is 0.500. The molecule has 0 saturated carbocycles. The van der Waals surface area contributed by atoms with Crippen molar-refractivity contribution in [3.63, 3.8) is 0 Å². The van der Waals surface area contributed by atoms with Crippen LogP contribution in [0.25, 0.3) is 0 Å². The third-order valence-electron chi connectivity index (χ3n) is 3.82. The van der Waals surface area contributed by atoms with Crippen LogP contribution < -0.4 is 10.2 Å². The van der Waals surface area contributed by atoms with Gasteiger partial charge < -0.3 is 20.0 Å². The third kappa shape index (κ3) is 4.13. The molecule has 0 unspecified atom stereocenters. The highest BCUT2D eigenvalue weighted by Crippen LogP contribution is 2.11. The highest BCUT2D eigenvalue weighted by Gasteiger charge is 2.24. The van der Waals surface area contributed by atoms with Crippen LogP contribution in [-0.2, 0) is 4.79 Å². The van der Waals surface area contributed by atoms with Crippen molar-refractivity contribution >= 4 is 17.6 Å². The van der Waals surface area contributed by atoms with E-state index in [4.69, 9.17) is 0 Å². The number of piperazine rings is 1. The molecular formula is C16H24N4O2. The van der Waals surface area contributed by atoms with E-state index in [0.29, 0.717) is 39.3 Å². The molecule has 1 aliphatic heterocycles. The maximum absolute atomic E-state index is 12.3. The van der Waals surface area contributed by atoms with Gasteiger partial charge in [-0.1, -0.05) is 18.2 Å². The van der Waals surface area contributed by atoms with Crippen LogP contribution in [0.4, 0.5) is 10.5 Å². The number of likely N-dealkylation sites (N-methyl/N-ethyl adjacent to an activating group) is 1. The second-order valence-electron chi connectivity index (χ2n) is 5.39. The van der Waals surface area contributed by atoms with E-state index in [9.17, 15) is 9.59 Å². The molecule has 0 aromatic heterocycles. The number of carbonyl (C=O) groups is 2. The minimum Gasteiger partial charge on any atom is -0.365 e. The van der Waals surface area contributed by atoms with Crippen molar-refractivity contribution in [2.24, 2.45) is 0 Å². The lowest BCUT2D eigenvalue weighted by Gasteiger charge is -2.35. The van der Waals surface area contributed by atoms with E-state index >= 15 is 0 Å². The lowest BCUT2D eigenvalue weighted by atomic mass is 10.2. The molecule has 1 aromatic rings. The molecular weight excluding hydrogens is 280 g/mol. The van der Waals surface area contributed by atoms with Gasteiger partial charge in [0.25, 0.3) is 0 Å². The summed E-state index contributed by atoms with van der Waals surface area (Å²) in [5.41, 5.74) is 1.02. The van der Waals surface area contributed by atoms with Crippen LogP contribution in [0.5, 0.6) is 0 Å². The topological polar surface area (TPSA) is 55.9 Å². The SMILES string of the molecule is CCNC(=O)N1CCN(C(=O)CN(C)c2ccccc2)CC1. The molecule has 0 bridgehead atoms. The van der Waals surface area contributed by atoms with Crippen LogP contribution in [0.2, 0.25) is 0 Å². The van der Waals surface area contributed by atoms with Gasteiger partial charge in [0.1, 0.15) is 0 Å². The molecule has 6 nitrogen and oxygen atoms in total. The van der Waals surface area contributed by atoms with Gasteiger partial charge in [-0.2, -0.15) is 0 Å². The number of benzene rings is 1. The molecule has 0 atom stereocenters. The third-order valence-corrected chi connectivity index (χ3v) is 3.82. The molecule has 2 rings (SSSR count). The van der Waals surface area contributed by atoms with Crippen LogP contribution in [0.1, 0.15) is 6.92 Å². The van der Waals surface area contributed by atoms with Crippen molar-refractivity contribution in [2.45, 2.75) is 6.92 Å². The van der Waals surface area contributed by atoms with E-state index in [1.54, 1.807) is 4.90 Å². The number of hydrogen-bond acceptors (Lipinski definition) is 3. The number of urea groups is 1. The Morgan fingerprint density at radius 1 is 1.09 bits per heavy atom. The molecule has 0 aliphatic carbocycles. The Hall–Kier alpha value is -2.24. The van der Waals surface area contributed by atoms with Crippen molar-refractivity contribution in [1.82, 2.24) is 15.1 Å². The molecule has 1 aliphatic rings. The number of nitrogens with one attached hydrogen (secondary N) is 1. The maximum atomic E-state index is 12.3. The van der Waals surface area contributed by atoms with Gasteiger partial charge in [0.05, 0.1) is 6.54 Å². The van der Waals surface area contributed by atoms with E-state index in [-0.39, 0.29) is 11.9 Å². The van der Waals surface area contributed by atoms with E-state index in [1.807, 2.05) is 54.1 Å². The summed E-state index contributed by atoms with van der Waals surface area (Å²) in [7, 11) is 1.91. The smallest absolute Gasteiger partial charge is 0.317 e. The van der Waals surface area contributed by atoms with E-state index in [0.717, 1.165) is 5.69 Å². The van der Waals surface area contributed by atoms with Crippen molar-refractivity contribution in [2.75, 3.05) is 51.2 Å². The number of rotatable bonds is 4. The van der Waals surface area contributed by atoms with Crippen molar-refractivity contribution in [1.29, 1.82) is 0 Å². The molecule has 0 spiro atoms. The highest BCUT2D eigenvalue weighted by atomic mass is 16.2. The molecule has 1 N–H and O–H groups in total. The van der Waals surface area contributed by atoms with Gasteiger partial charge in [0.2, 0.25) is 5.91 Å². The summed E-state index contributed by atoms with van der Waals surface area (Å²) in [6, 6.07) is 9.81. The second kappa shape index (κ2) is 7.68. The normalized spacial score (nSPS) is 14.6. The van der Waals surface area contributed by atoms with Gasteiger partial charge >= 0.3 is 6.03 Å². The Morgan fingerprint density at radius 2 is 1.68 bits per heavy atom. The van der Waals surface area contributed by atoms with Crippen LogP contribution in [0, 0.1) is 0 Å². The summed E-state index contributed by atoms with van der Waals surface area (Å²) in [5, 5.41) is 2.79. The summed E-state index contributed by atoms with van der Waals surface area (Å²) < 4.78 is 0. The molecule has 0 radical (unpaired) electrons. The van der Waals surface area contributed by atoms with Gasteiger partial charge in [-0.3, -0.25) is 4.79 Å². The first kappa shape index (κ1) is 16.1. The lowest BCUT2D eigenvalue weighted by molar-refractivity contribution is -0.131. The van der Waals surface area contributed by atoms with Crippen molar-refractivity contribution < 1.29 is 9.59 Å². The zero-order chi connectivity index (χ0) is 15.9. The molecule has 1 fully saturated rings. The van der Waals surface area contributed by atoms with Gasteiger partial charge in [-0.15, -0.1) is 0 Å². The van der Waals surface area contributed by atoms with Crippen molar-refractivity contribution in [3.8, 4) is 0 Å². The average molecular weight is 304 g/mol. The summed E-state index contributed by atoms with van der Waals surface area (Å²) in [5.74, 6) is 0.0990. The van der Waals surface area contributed by atoms with E-state index < -0.39 is 0 Å². The van der Waals surface area contributed by atoms with Gasteiger partial charge in [-0.05, 0) is 19.1 Å². The molecule has 1 saturated heterocycles. The Balaban J connectivity index is 1.81. The first-order chi connectivity index (χ1) is 10.6. The Morgan fingerprint density at radius 3 is 2.27 bits per heavy atom. The number of anilines is 1. The van der Waals surface area contributed by atoms with Crippen LogP contribution in [0.3, 0.4) is 0 Å². The highest BCUT2D eigenvalue weighted by molar-refractivity contribution is 5.82. The molecule has 6 heteroatoms. The molecule has 22 heavy (non-hydrogen) atoms. The summed E-state index contributed by atoms with van der Waals surface area (Å²) in [6.07, 6.45) is 0. The molecule has 120 valence electrons. The largest absolute Gasteiger partial charge is 0.365 e. The first-order valence-corrected chi connectivity index (χ1v) is 7.68. The predicted molar refractivity (Wildman–Crippen MR) is 86.9 cm³/mol. The van der Waals surface area contributed by atoms with Gasteiger partial charge in [-0.25, -0.2) is 4.79 Å². The minimum atomic E-state index is -0.0454. The lowest BCUT2D eigenvalue weighted by Crippen LogP contribution is -2.54. The Bertz CT molecular complexity index is 498. The van der Waals surface area contributed by atoms with E-state index in [2.05, 4.69) is 5.32 Å². The summed E-state index contributed by atoms with van der Waals surface area (Å²) in [6.45, 7) is 5.25.